The standard InChI is InChI=1S/C13H19N3O2/c1-8-3-4-16(7-11(8)17)13(18)10-5-9(2)15-12(14)6-10/h5-6,8,11,17H,3-4,7H2,1-2H3,(H2,14,15). The van der Waals surface area contributed by atoms with Gasteiger partial charge in [-0.1, -0.05) is 6.92 Å². The smallest absolute Gasteiger partial charge is 0.254 e. The summed E-state index contributed by atoms with van der Waals surface area (Å²) in [7, 11) is 0. The van der Waals surface area contributed by atoms with Gasteiger partial charge in [0.1, 0.15) is 5.82 Å². The van der Waals surface area contributed by atoms with E-state index in [-0.39, 0.29) is 11.8 Å². The first-order valence-electron chi connectivity index (χ1n) is 6.19. The number of β-amino-alcohol motifs (C(OH)–C–C–N with tert-alkyl or cyclic N) is 1. The Labute approximate surface area is 107 Å². The number of amides is 1. The fourth-order valence-electron chi connectivity index (χ4n) is 2.23. The van der Waals surface area contributed by atoms with E-state index in [1.54, 1.807) is 24.0 Å². The van der Waals surface area contributed by atoms with Gasteiger partial charge in [-0.15, -0.1) is 0 Å². The Morgan fingerprint density at radius 1 is 1.56 bits per heavy atom. The van der Waals surface area contributed by atoms with Crippen LogP contribution in [0.2, 0.25) is 0 Å². The Morgan fingerprint density at radius 2 is 2.28 bits per heavy atom. The zero-order chi connectivity index (χ0) is 13.3. The number of aryl methyl sites for hydroxylation is 1. The molecule has 0 radical (unpaired) electrons. The number of carbonyl (C=O) groups excluding carboxylic acids is 1. The zero-order valence-corrected chi connectivity index (χ0v) is 10.8. The number of nitrogen functional groups attached to an aromatic ring is 1. The molecule has 1 aromatic rings. The van der Waals surface area contributed by atoms with Crippen LogP contribution in [0.4, 0.5) is 5.82 Å². The van der Waals surface area contributed by atoms with Crippen molar-refractivity contribution >= 4 is 11.7 Å². The van der Waals surface area contributed by atoms with E-state index in [1.165, 1.54) is 0 Å². The van der Waals surface area contributed by atoms with E-state index < -0.39 is 6.10 Å². The van der Waals surface area contributed by atoms with Gasteiger partial charge in [-0.25, -0.2) is 4.98 Å². The highest BCUT2D eigenvalue weighted by molar-refractivity contribution is 5.95. The second-order valence-corrected chi connectivity index (χ2v) is 5.01. The van der Waals surface area contributed by atoms with Crippen LogP contribution in [0.1, 0.15) is 29.4 Å². The first-order valence-corrected chi connectivity index (χ1v) is 6.19. The number of carbonyl (C=O) groups is 1. The van der Waals surface area contributed by atoms with Gasteiger partial charge in [0.15, 0.2) is 0 Å². The molecule has 1 fully saturated rings. The number of aromatic nitrogens is 1. The number of aliphatic hydroxyl groups excluding tert-OH is 1. The zero-order valence-electron chi connectivity index (χ0n) is 10.8. The van der Waals surface area contributed by atoms with E-state index in [0.717, 1.165) is 12.1 Å². The highest BCUT2D eigenvalue weighted by Crippen LogP contribution is 2.19. The molecule has 0 saturated carbocycles. The molecule has 18 heavy (non-hydrogen) atoms. The van der Waals surface area contributed by atoms with Crippen LogP contribution in [-0.4, -0.2) is 40.1 Å². The number of nitrogens with zero attached hydrogens (tertiary/aromatic N) is 2. The average Bonchev–Trinajstić information content (AvgIpc) is 2.30. The van der Waals surface area contributed by atoms with Crippen molar-refractivity contribution in [1.29, 1.82) is 0 Å². The predicted octanol–water partition coefficient (Wildman–Crippen LogP) is 0.815. The number of anilines is 1. The third kappa shape index (κ3) is 2.61. The summed E-state index contributed by atoms with van der Waals surface area (Å²) in [5.74, 6) is 0.515. The minimum atomic E-state index is -0.442. The normalized spacial score (nSPS) is 24.1. The van der Waals surface area contributed by atoms with E-state index >= 15 is 0 Å². The molecule has 2 heterocycles. The van der Waals surface area contributed by atoms with E-state index in [9.17, 15) is 9.90 Å². The van der Waals surface area contributed by atoms with Gasteiger partial charge in [0.05, 0.1) is 6.10 Å². The lowest BCUT2D eigenvalue weighted by atomic mass is 9.95. The van der Waals surface area contributed by atoms with Crippen LogP contribution in [-0.2, 0) is 0 Å². The summed E-state index contributed by atoms with van der Waals surface area (Å²) in [6.07, 6.45) is 0.384. The second kappa shape index (κ2) is 4.94. The first kappa shape index (κ1) is 12.8. The third-order valence-electron chi connectivity index (χ3n) is 3.43. The minimum absolute atomic E-state index is 0.0850. The Hall–Kier alpha value is -1.62. The van der Waals surface area contributed by atoms with Gasteiger partial charge in [-0.3, -0.25) is 4.79 Å². The highest BCUT2D eigenvalue weighted by Gasteiger charge is 2.28. The number of hydrogen-bond donors (Lipinski definition) is 2. The van der Waals surface area contributed by atoms with Crippen LogP contribution >= 0.6 is 0 Å². The monoisotopic (exact) mass is 249 g/mol. The number of nitrogens with two attached hydrogens (primary N) is 1. The van der Waals surface area contributed by atoms with Crippen LogP contribution in [0.25, 0.3) is 0 Å². The molecular weight excluding hydrogens is 230 g/mol. The Morgan fingerprint density at radius 3 is 2.89 bits per heavy atom. The molecule has 1 saturated heterocycles. The first-order chi connectivity index (χ1) is 8.47. The molecule has 1 aliphatic rings. The van der Waals surface area contributed by atoms with Crippen molar-refractivity contribution in [2.75, 3.05) is 18.8 Å². The summed E-state index contributed by atoms with van der Waals surface area (Å²) < 4.78 is 0. The van der Waals surface area contributed by atoms with Crippen molar-refractivity contribution in [2.24, 2.45) is 5.92 Å². The van der Waals surface area contributed by atoms with E-state index in [1.807, 2.05) is 6.92 Å². The molecule has 98 valence electrons. The molecule has 0 spiro atoms. The topological polar surface area (TPSA) is 79.5 Å². The lowest BCUT2D eigenvalue weighted by molar-refractivity contribution is 0.0248. The number of aliphatic hydroxyl groups is 1. The SMILES string of the molecule is Cc1cc(C(=O)N2CCC(C)C(O)C2)cc(N)n1. The van der Waals surface area contributed by atoms with Crippen LogP contribution in [0, 0.1) is 12.8 Å². The Balaban J connectivity index is 2.16. The molecule has 2 atom stereocenters. The van der Waals surface area contributed by atoms with Crippen LogP contribution in [0.3, 0.4) is 0 Å². The van der Waals surface area contributed by atoms with E-state index in [4.69, 9.17) is 5.73 Å². The molecule has 0 bridgehead atoms. The summed E-state index contributed by atoms with van der Waals surface area (Å²) in [6.45, 7) is 4.88. The molecule has 0 aromatic carbocycles. The Kier molecular flexibility index (Phi) is 3.52. The summed E-state index contributed by atoms with van der Waals surface area (Å²) in [6, 6.07) is 3.31. The summed E-state index contributed by atoms with van der Waals surface area (Å²) in [5.41, 5.74) is 6.91. The van der Waals surface area contributed by atoms with Gasteiger partial charge in [0.25, 0.3) is 5.91 Å². The van der Waals surface area contributed by atoms with Crippen molar-refractivity contribution in [1.82, 2.24) is 9.88 Å². The third-order valence-corrected chi connectivity index (χ3v) is 3.43. The molecule has 2 unspecified atom stereocenters. The summed E-state index contributed by atoms with van der Waals surface area (Å²) in [4.78, 5) is 18.0. The quantitative estimate of drug-likeness (QED) is 0.772. The van der Waals surface area contributed by atoms with Gasteiger partial charge >= 0.3 is 0 Å². The fourth-order valence-corrected chi connectivity index (χ4v) is 2.23. The van der Waals surface area contributed by atoms with Gasteiger partial charge in [0, 0.05) is 24.3 Å². The van der Waals surface area contributed by atoms with Crippen LogP contribution < -0.4 is 5.73 Å². The molecule has 5 heteroatoms. The predicted molar refractivity (Wildman–Crippen MR) is 69.1 cm³/mol. The summed E-state index contributed by atoms with van der Waals surface area (Å²) in [5, 5.41) is 9.82. The fraction of sp³-hybridized carbons (Fsp3) is 0.538. The number of rotatable bonds is 1. The molecule has 5 nitrogen and oxygen atoms in total. The average molecular weight is 249 g/mol. The van der Waals surface area contributed by atoms with Gasteiger partial charge in [-0.05, 0) is 31.4 Å². The lowest BCUT2D eigenvalue weighted by Gasteiger charge is -2.34. The minimum Gasteiger partial charge on any atom is -0.391 e. The lowest BCUT2D eigenvalue weighted by Crippen LogP contribution is -2.45. The number of likely N-dealkylation sites (tertiary alicyclic amines) is 1. The molecular formula is C13H19N3O2. The number of piperidine rings is 1. The number of hydrogen-bond acceptors (Lipinski definition) is 4. The number of pyridine rings is 1. The Bertz CT molecular complexity index is 441. The van der Waals surface area contributed by atoms with Crippen molar-refractivity contribution in [3.05, 3.63) is 23.4 Å². The maximum atomic E-state index is 12.3. The van der Waals surface area contributed by atoms with Crippen molar-refractivity contribution in [3.8, 4) is 0 Å². The van der Waals surface area contributed by atoms with Gasteiger partial charge in [-0.2, -0.15) is 0 Å². The maximum Gasteiger partial charge on any atom is 0.254 e. The second-order valence-electron chi connectivity index (χ2n) is 5.01. The molecule has 1 amide bonds. The molecule has 3 N–H and O–H groups in total. The molecule has 2 rings (SSSR count). The van der Waals surface area contributed by atoms with E-state index in [0.29, 0.717) is 24.5 Å². The van der Waals surface area contributed by atoms with Crippen molar-refractivity contribution in [2.45, 2.75) is 26.4 Å². The van der Waals surface area contributed by atoms with Crippen LogP contribution in [0.15, 0.2) is 12.1 Å². The van der Waals surface area contributed by atoms with Gasteiger partial charge in [0.2, 0.25) is 0 Å². The molecule has 0 aliphatic carbocycles. The summed E-state index contributed by atoms with van der Waals surface area (Å²) >= 11 is 0. The largest absolute Gasteiger partial charge is 0.391 e. The molecule has 1 aliphatic heterocycles. The van der Waals surface area contributed by atoms with Crippen molar-refractivity contribution in [3.63, 3.8) is 0 Å². The van der Waals surface area contributed by atoms with E-state index in [2.05, 4.69) is 4.98 Å². The van der Waals surface area contributed by atoms with Crippen molar-refractivity contribution < 1.29 is 9.90 Å². The van der Waals surface area contributed by atoms with Gasteiger partial charge < -0.3 is 15.7 Å². The van der Waals surface area contributed by atoms with Crippen LogP contribution in [0.5, 0.6) is 0 Å². The maximum absolute atomic E-state index is 12.3. The highest BCUT2D eigenvalue weighted by atomic mass is 16.3. The molecule has 1 aromatic heterocycles.